The summed E-state index contributed by atoms with van der Waals surface area (Å²) in [6, 6.07) is 17.4. The van der Waals surface area contributed by atoms with Gasteiger partial charge in [0, 0.05) is 18.6 Å². The van der Waals surface area contributed by atoms with Crippen LogP contribution < -0.4 is 9.47 Å². The van der Waals surface area contributed by atoms with Crippen molar-refractivity contribution in [3.8, 4) is 11.5 Å². The van der Waals surface area contributed by atoms with E-state index in [-0.39, 0.29) is 19.2 Å². The van der Waals surface area contributed by atoms with Crippen molar-refractivity contribution in [1.29, 1.82) is 0 Å². The molecule has 2 aromatic rings. The van der Waals surface area contributed by atoms with Crippen LogP contribution in [-0.4, -0.2) is 43.6 Å². The van der Waals surface area contributed by atoms with Crippen LogP contribution in [0.5, 0.6) is 11.5 Å². The van der Waals surface area contributed by atoms with Crippen LogP contribution in [0.3, 0.4) is 0 Å². The van der Waals surface area contributed by atoms with Crippen LogP contribution in [0.15, 0.2) is 66.2 Å². The lowest BCUT2D eigenvalue weighted by Gasteiger charge is -2.27. The molecule has 2 aromatic carbocycles. The smallest absolute Gasteiger partial charge is 0.334 e. The number of rotatable bonds is 23. The van der Waals surface area contributed by atoms with E-state index in [2.05, 4.69) is 6.08 Å². The Kier molecular flexibility index (Phi) is 16.1. The number of hydrogen-bond acceptors (Lipinski definition) is 6. The summed E-state index contributed by atoms with van der Waals surface area (Å²) in [5, 5.41) is 8.82. The van der Waals surface area contributed by atoms with Crippen LogP contribution in [0.25, 0.3) is 0 Å². The lowest BCUT2D eigenvalue weighted by molar-refractivity contribution is -0.156. The monoisotopic (exact) mass is 580 g/mol. The van der Waals surface area contributed by atoms with E-state index in [9.17, 15) is 4.79 Å². The van der Waals surface area contributed by atoms with E-state index < -0.39 is 5.60 Å². The molecule has 6 heteroatoms. The Morgan fingerprint density at radius 3 is 1.93 bits per heavy atom. The lowest BCUT2D eigenvalue weighted by Crippen LogP contribution is -2.40. The van der Waals surface area contributed by atoms with Crippen molar-refractivity contribution in [3.63, 3.8) is 0 Å². The third-order valence-electron chi connectivity index (χ3n) is 7.87. The average Bonchev–Trinajstić information content (AvgIpc) is 3.33. The van der Waals surface area contributed by atoms with Gasteiger partial charge in [-0.05, 0) is 49.1 Å². The highest BCUT2D eigenvalue weighted by Gasteiger charge is 2.45. The molecular weight excluding hydrogens is 528 g/mol. The van der Waals surface area contributed by atoms with Crippen molar-refractivity contribution in [1.82, 2.24) is 0 Å². The molecular formula is C36H52O6. The molecule has 0 saturated carbocycles. The first-order valence-electron chi connectivity index (χ1n) is 16.1. The summed E-state index contributed by atoms with van der Waals surface area (Å²) in [6.45, 7) is 1.27. The number of carbonyl (C=O) groups is 1. The van der Waals surface area contributed by atoms with Gasteiger partial charge in [0.15, 0.2) is 5.60 Å². The van der Waals surface area contributed by atoms with Crippen LogP contribution in [0.1, 0.15) is 102 Å². The second-order valence-corrected chi connectivity index (χ2v) is 11.5. The number of ether oxygens (including phenoxy) is 4. The zero-order valence-corrected chi connectivity index (χ0v) is 25.7. The van der Waals surface area contributed by atoms with Gasteiger partial charge >= 0.3 is 5.97 Å². The minimum Gasteiger partial charge on any atom is -0.497 e. The van der Waals surface area contributed by atoms with E-state index in [0.29, 0.717) is 25.4 Å². The lowest BCUT2D eigenvalue weighted by atomic mass is 9.98. The molecule has 1 heterocycles. The average molecular weight is 581 g/mol. The number of aliphatic hydroxyl groups excluding tert-OH is 1. The molecule has 42 heavy (non-hydrogen) atoms. The van der Waals surface area contributed by atoms with Crippen LogP contribution in [-0.2, 0) is 20.9 Å². The Balaban J connectivity index is 1.37. The fourth-order valence-corrected chi connectivity index (χ4v) is 5.37. The molecule has 1 atom stereocenters. The number of cyclic esters (lactones) is 1. The van der Waals surface area contributed by atoms with Crippen molar-refractivity contribution in [3.05, 3.63) is 71.8 Å². The standard InChI is InChI=1S/C36H52O6/c1-39-33-22-24-34(25-23-33)41-30-36(29-40-28-31-19-15-14-16-20-31)27-32(35(38)42-36)21-17-12-10-8-6-4-2-3-5-7-9-11-13-18-26-37/h14-16,19-25,37H,2-13,17-18,26-30H2,1H3/b32-21-. The Hall–Kier alpha value is -2.83. The predicted molar refractivity (Wildman–Crippen MR) is 168 cm³/mol. The van der Waals surface area contributed by atoms with E-state index in [1.165, 1.54) is 64.2 Å². The van der Waals surface area contributed by atoms with Crippen LogP contribution >= 0.6 is 0 Å². The number of carbonyl (C=O) groups excluding carboxylic acids is 1. The normalized spacial score (nSPS) is 17.5. The van der Waals surface area contributed by atoms with Gasteiger partial charge in [-0.25, -0.2) is 4.79 Å². The van der Waals surface area contributed by atoms with E-state index in [1.54, 1.807) is 7.11 Å². The van der Waals surface area contributed by atoms with Crippen molar-refractivity contribution in [2.45, 2.75) is 109 Å². The molecule has 1 N–H and O–H groups in total. The van der Waals surface area contributed by atoms with Gasteiger partial charge in [-0.1, -0.05) is 107 Å². The second kappa shape index (κ2) is 20.1. The SMILES string of the molecule is COc1ccc(OCC2(COCc3ccccc3)C/C(=C/CCCCCCCCCCCCCCCO)C(=O)O2)cc1. The molecule has 3 rings (SSSR count). The van der Waals surface area contributed by atoms with E-state index in [1.807, 2.05) is 54.6 Å². The quantitative estimate of drug-likeness (QED) is 0.0809. The zero-order chi connectivity index (χ0) is 29.7. The molecule has 0 aromatic heterocycles. The Morgan fingerprint density at radius 2 is 1.33 bits per heavy atom. The summed E-state index contributed by atoms with van der Waals surface area (Å²) in [5.41, 5.74) is 0.957. The molecule has 1 aliphatic rings. The number of hydrogen-bond donors (Lipinski definition) is 1. The van der Waals surface area contributed by atoms with Gasteiger partial charge in [-0.2, -0.15) is 0 Å². The van der Waals surface area contributed by atoms with Gasteiger partial charge in [-0.15, -0.1) is 0 Å². The summed E-state index contributed by atoms with van der Waals surface area (Å²) in [6.07, 6.45) is 19.6. The van der Waals surface area contributed by atoms with Crippen LogP contribution in [0.4, 0.5) is 0 Å². The van der Waals surface area contributed by atoms with Gasteiger partial charge in [0.05, 0.1) is 20.3 Å². The molecule has 232 valence electrons. The molecule has 0 bridgehead atoms. The van der Waals surface area contributed by atoms with Crippen molar-refractivity contribution >= 4 is 5.97 Å². The van der Waals surface area contributed by atoms with Gasteiger partial charge < -0.3 is 24.1 Å². The maximum Gasteiger partial charge on any atom is 0.334 e. The van der Waals surface area contributed by atoms with Gasteiger partial charge in [0.2, 0.25) is 0 Å². The Bertz CT molecular complexity index is 1020. The number of allylic oxidation sites excluding steroid dienone is 1. The van der Waals surface area contributed by atoms with E-state index in [0.717, 1.165) is 42.6 Å². The van der Waals surface area contributed by atoms with E-state index in [4.69, 9.17) is 24.1 Å². The third kappa shape index (κ3) is 13.0. The molecule has 1 aliphatic heterocycles. The maximum absolute atomic E-state index is 12.9. The first-order chi connectivity index (χ1) is 20.6. The first-order valence-corrected chi connectivity index (χ1v) is 16.1. The Labute approximate surface area is 253 Å². The van der Waals surface area contributed by atoms with Gasteiger partial charge in [0.25, 0.3) is 0 Å². The number of esters is 1. The molecule has 0 radical (unpaired) electrons. The summed E-state index contributed by atoms with van der Waals surface area (Å²) >= 11 is 0. The van der Waals surface area contributed by atoms with Crippen LogP contribution in [0, 0.1) is 0 Å². The number of benzene rings is 2. The van der Waals surface area contributed by atoms with Gasteiger partial charge in [-0.3, -0.25) is 0 Å². The number of aliphatic hydroxyl groups is 1. The zero-order valence-electron chi connectivity index (χ0n) is 25.7. The largest absolute Gasteiger partial charge is 0.497 e. The van der Waals surface area contributed by atoms with E-state index >= 15 is 0 Å². The molecule has 1 unspecified atom stereocenters. The summed E-state index contributed by atoms with van der Waals surface area (Å²) in [7, 11) is 1.63. The van der Waals surface area contributed by atoms with Crippen molar-refractivity contribution in [2.75, 3.05) is 26.9 Å². The highest BCUT2D eigenvalue weighted by Crippen LogP contribution is 2.33. The highest BCUT2D eigenvalue weighted by molar-refractivity contribution is 5.91. The molecule has 0 amide bonds. The Morgan fingerprint density at radius 1 is 0.762 bits per heavy atom. The van der Waals surface area contributed by atoms with Crippen molar-refractivity contribution < 1.29 is 28.8 Å². The number of methoxy groups -OCH3 is 1. The summed E-state index contributed by atoms with van der Waals surface area (Å²) in [4.78, 5) is 12.9. The number of unbranched alkanes of at least 4 members (excludes halogenated alkanes) is 13. The fraction of sp³-hybridized carbons (Fsp3) is 0.583. The van der Waals surface area contributed by atoms with Crippen LogP contribution in [0.2, 0.25) is 0 Å². The molecule has 1 fully saturated rings. The fourth-order valence-electron chi connectivity index (χ4n) is 5.37. The topological polar surface area (TPSA) is 74.2 Å². The summed E-state index contributed by atoms with van der Waals surface area (Å²) < 4.78 is 23.3. The second-order valence-electron chi connectivity index (χ2n) is 11.5. The molecule has 6 nitrogen and oxygen atoms in total. The predicted octanol–water partition coefficient (Wildman–Crippen LogP) is 8.36. The molecule has 1 saturated heterocycles. The minimum atomic E-state index is -0.850. The molecule has 0 aliphatic carbocycles. The maximum atomic E-state index is 12.9. The molecule has 0 spiro atoms. The summed E-state index contributed by atoms with van der Waals surface area (Å²) in [5.74, 6) is 1.20. The third-order valence-corrected chi connectivity index (χ3v) is 7.87. The minimum absolute atomic E-state index is 0.223. The highest BCUT2D eigenvalue weighted by atomic mass is 16.6. The van der Waals surface area contributed by atoms with Gasteiger partial charge in [0.1, 0.15) is 18.1 Å². The van der Waals surface area contributed by atoms with Crippen molar-refractivity contribution in [2.24, 2.45) is 0 Å². The first kappa shape index (κ1) is 33.7.